The van der Waals surface area contributed by atoms with E-state index in [-0.39, 0.29) is 11.5 Å². The second-order valence-corrected chi connectivity index (χ2v) is 4.45. The van der Waals surface area contributed by atoms with Crippen LogP contribution in [0.25, 0.3) is 0 Å². The second kappa shape index (κ2) is 5.30. The summed E-state index contributed by atoms with van der Waals surface area (Å²) in [5.74, 6) is -0.636. The van der Waals surface area contributed by atoms with Crippen LogP contribution in [-0.2, 0) is 0 Å². The van der Waals surface area contributed by atoms with Crippen LogP contribution >= 0.6 is 0 Å². The summed E-state index contributed by atoms with van der Waals surface area (Å²) in [6.07, 6.45) is 1.74. The van der Waals surface area contributed by atoms with E-state index in [1.165, 1.54) is 17.2 Å². The SMILES string of the molecule is O=C(O)N1CCC(C(O)c2ccncc2F)CC1. The van der Waals surface area contributed by atoms with Gasteiger partial charge in [0.25, 0.3) is 0 Å². The molecule has 18 heavy (non-hydrogen) atoms. The third-order valence-corrected chi connectivity index (χ3v) is 3.38. The second-order valence-electron chi connectivity index (χ2n) is 4.45. The molecule has 1 atom stereocenters. The van der Waals surface area contributed by atoms with Crippen molar-refractivity contribution in [3.05, 3.63) is 29.8 Å². The monoisotopic (exact) mass is 254 g/mol. The van der Waals surface area contributed by atoms with Crippen molar-refractivity contribution in [2.45, 2.75) is 18.9 Å². The van der Waals surface area contributed by atoms with E-state index in [0.717, 1.165) is 6.20 Å². The predicted molar refractivity (Wildman–Crippen MR) is 61.5 cm³/mol. The minimum atomic E-state index is -0.946. The molecule has 0 aromatic carbocycles. The molecule has 1 aliphatic heterocycles. The van der Waals surface area contributed by atoms with E-state index in [1.807, 2.05) is 0 Å². The van der Waals surface area contributed by atoms with Crippen LogP contribution in [0.15, 0.2) is 18.5 Å². The molecular formula is C12H15FN2O3. The standard InChI is InChI=1S/C12H15FN2O3/c13-10-7-14-4-1-9(10)11(16)8-2-5-15(6-3-8)12(17)18/h1,4,7-8,11,16H,2-3,5-6H2,(H,17,18). The molecule has 0 aliphatic carbocycles. The van der Waals surface area contributed by atoms with Crippen LogP contribution in [0.3, 0.4) is 0 Å². The van der Waals surface area contributed by atoms with Gasteiger partial charge in [0.05, 0.1) is 12.3 Å². The quantitative estimate of drug-likeness (QED) is 0.841. The lowest BCUT2D eigenvalue weighted by molar-refractivity contribution is 0.0553. The van der Waals surface area contributed by atoms with Crippen LogP contribution < -0.4 is 0 Å². The lowest BCUT2D eigenvalue weighted by Crippen LogP contribution is -2.39. The van der Waals surface area contributed by atoms with Gasteiger partial charge in [0.1, 0.15) is 5.82 Å². The molecule has 0 spiro atoms. The molecule has 2 N–H and O–H groups in total. The van der Waals surface area contributed by atoms with Crippen molar-refractivity contribution >= 4 is 6.09 Å². The number of hydrogen-bond donors (Lipinski definition) is 2. The summed E-state index contributed by atoms with van der Waals surface area (Å²) >= 11 is 0. The Labute approximate surface area is 104 Å². The predicted octanol–water partition coefficient (Wildman–Crippen LogP) is 1.64. The minimum Gasteiger partial charge on any atom is -0.465 e. The molecule has 2 rings (SSSR count). The fourth-order valence-electron chi connectivity index (χ4n) is 2.29. The van der Waals surface area contributed by atoms with Gasteiger partial charge in [0, 0.05) is 24.8 Å². The van der Waals surface area contributed by atoms with E-state index in [2.05, 4.69) is 4.98 Å². The lowest BCUT2D eigenvalue weighted by Gasteiger charge is -2.32. The first-order chi connectivity index (χ1) is 8.59. The molecule has 1 amide bonds. The van der Waals surface area contributed by atoms with Crippen molar-refractivity contribution in [1.82, 2.24) is 9.88 Å². The summed E-state index contributed by atoms with van der Waals surface area (Å²) in [4.78, 5) is 15.7. The Bertz CT molecular complexity index is 433. The van der Waals surface area contributed by atoms with E-state index in [4.69, 9.17) is 5.11 Å². The van der Waals surface area contributed by atoms with E-state index < -0.39 is 18.0 Å². The molecule has 1 aromatic heterocycles. The lowest BCUT2D eigenvalue weighted by atomic mass is 9.88. The van der Waals surface area contributed by atoms with Gasteiger partial charge < -0.3 is 15.1 Å². The maximum atomic E-state index is 13.5. The Balaban J connectivity index is 2.02. The zero-order chi connectivity index (χ0) is 13.1. The minimum absolute atomic E-state index is 0.113. The molecule has 0 radical (unpaired) electrons. The highest BCUT2D eigenvalue weighted by atomic mass is 19.1. The van der Waals surface area contributed by atoms with Gasteiger partial charge in [-0.05, 0) is 24.8 Å². The van der Waals surface area contributed by atoms with Gasteiger partial charge in [-0.15, -0.1) is 0 Å². The van der Waals surface area contributed by atoms with Gasteiger partial charge in [0.2, 0.25) is 0 Å². The summed E-state index contributed by atoms with van der Waals surface area (Å²) in [7, 11) is 0. The number of halogens is 1. The van der Waals surface area contributed by atoms with Crippen LogP contribution in [0, 0.1) is 11.7 Å². The highest BCUT2D eigenvalue weighted by Crippen LogP contribution is 2.31. The van der Waals surface area contributed by atoms with Gasteiger partial charge in [-0.25, -0.2) is 9.18 Å². The molecule has 1 unspecified atom stereocenters. The maximum Gasteiger partial charge on any atom is 0.407 e. The largest absolute Gasteiger partial charge is 0.465 e. The number of likely N-dealkylation sites (tertiary alicyclic amines) is 1. The smallest absolute Gasteiger partial charge is 0.407 e. The van der Waals surface area contributed by atoms with Gasteiger partial charge >= 0.3 is 6.09 Å². The molecule has 1 aromatic rings. The van der Waals surface area contributed by atoms with Crippen molar-refractivity contribution in [1.29, 1.82) is 0 Å². The number of carboxylic acid groups (broad SMARTS) is 1. The van der Waals surface area contributed by atoms with Crippen LogP contribution in [-0.4, -0.2) is 39.3 Å². The number of carbonyl (C=O) groups is 1. The molecule has 98 valence electrons. The number of rotatable bonds is 2. The normalized spacial score (nSPS) is 18.7. The fraction of sp³-hybridized carbons (Fsp3) is 0.500. The summed E-state index contributed by atoms with van der Waals surface area (Å²) in [5.41, 5.74) is 0.235. The summed E-state index contributed by atoms with van der Waals surface area (Å²) < 4.78 is 13.5. The molecule has 2 heterocycles. The van der Waals surface area contributed by atoms with E-state index >= 15 is 0 Å². The number of aliphatic hydroxyl groups is 1. The Morgan fingerprint density at radius 1 is 1.50 bits per heavy atom. The average molecular weight is 254 g/mol. The van der Waals surface area contributed by atoms with Crippen molar-refractivity contribution in [2.75, 3.05) is 13.1 Å². The van der Waals surface area contributed by atoms with Gasteiger partial charge in [-0.2, -0.15) is 0 Å². The third-order valence-electron chi connectivity index (χ3n) is 3.38. The molecule has 1 saturated heterocycles. The number of piperidine rings is 1. The van der Waals surface area contributed by atoms with Crippen LogP contribution in [0.2, 0.25) is 0 Å². The van der Waals surface area contributed by atoms with Crippen molar-refractivity contribution < 1.29 is 19.4 Å². The Hall–Kier alpha value is -1.69. The molecule has 1 fully saturated rings. The first-order valence-corrected chi connectivity index (χ1v) is 5.85. The van der Waals surface area contributed by atoms with Gasteiger partial charge in [-0.1, -0.05) is 0 Å². The zero-order valence-corrected chi connectivity index (χ0v) is 9.79. The first kappa shape index (κ1) is 12.8. The summed E-state index contributed by atoms with van der Waals surface area (Å²) in [6.45, 7) is 0.757. The molecule has 1 aliphatic rings. The molecule has 5 nitrogen and oxygen atoms in total. The summed E-state index contributed by atoms with van der Waals surface area (Å²) in [5, 5.41) is 18.9. The maximum absolute atomic E-state index is 13.5. The van der Waals surface area contributed by atoms with E-state index in [1.54, 1.807) is 0 Å². The highest BCUT2D eigenvalue weighted by molar-refractivity contribution is 5.64. The first-order valence-electron chi connectivity index (χ1n) is 5.85. The Kier molecular flexibility index (Phi) is 3.76. The van der Waals surface area contributed by atoms with Crippen LogP contribution in [0.4, 0.5) is 9.18 Å². The Morgan fingerprint density at radius 3 is 2.72 bits per heavy atom. The van der Waals surface area contributed by atoms with Crippen molar-refractivity contribution in [2.24, 2.45) is 5.92 Å². The Morgan fingerprint density at radius 2 is 2.17 bits per heavy atom. The fourth-order valence-corrected chi connectivity index (χ4v) is 2.29. The van der Waals surface area contributed by atoms with Crippen molar-refractivity contribution in [3.63, 3.8) is 0 Å². The molecule has 0 bridgehead atoms. The zero-order valence-electron chi connectivity index (χ0n) is 9.79. The third kappa shape index (κ3) is 2.59. The number of nitrogens with zero attached hydrogens (tertiary/aromatic N) is 2. The van der Waals surface area contributed by atoms with Gasteiger partial charge in [0.15, 0.2) is 0 Å². The molecular weight excluding hydrogens is 239 g/mol. The van der Waals surface area contributed by atoms with Gasteiger partial charge in [-0.3, -0.25) is 4.98 Å². The summed E-state index contributed by atoms with van der Waals surface area (Å²) in [6, 6.07) is 1.46. The number of hydrogen-bond acceptors (Lipinski definition) is 3. The average Bonchev–Trinajstić information content (AvgIpc) is 2.38. The molecule has 0 saturated carbocycles. The molecule has 6 heteroatoms. The van der Waals surface area contributed by atoms with E-state index in [9.17, 15) is 14.3 Å². The highest BCUT2D eigenvalue weighted by Gasteiger charge is 2.29. The number of amides is 1. The number of pyridine rings is 1. The van der Waals surface area contributed by atoms with E-state index in [0.29, 0.717) is 25.9 Å². The topological polar surface area (TPSA) is 73.7 Å². The number of aromatic nitrogens is 1. The van der Waals surface area contributed by atoms with Crippen LogP contribution in [0.1, 0.15) is 24.5 Å². The number of aliphatic hydroxyl groups excluding tert-OH is 1. The van der Waals surface area contributed by atoms with Crippen molar-refractivity contribution in [3.8, 4) is 0 Å². The van der Waals surface area contributed by atoms with Crippen LogP contribution in [0.5, 0.6) is 0 Å².